The molecule has 0 saturated carbocycles. The minimum atomic E-state index is -1.76. The van der Waals surface area contributed by atoms with Crippen LogP contribution in [0.2, 0.25) is 0 Å². The number of fused-ring (bicyclic) bond motifs is 3. The Hall–Kier alpha value is -5.35. The molecule has 0 amide bonds. The molecule has 0 radical (unpaired) electrons. The molecule has 2 aliphatic rings. The number of ether oxygens (including phenoxy) is 2. The molecule has 2 aliphatic heterocycles. The third kappa shape index (κ3) is 4.69. The van der Waals surface area contributed by atoms with E-state index in [2.05, 4.69) is 6.07 Å². The fourth-order valence-corrected chi connectivity index (χ4v) is 6.69. The first kappa shape index (κ1) is 28.8. The Kier molecular flexibility index (Phi) is 7.67. The second kappa shape index (κ2) is 11.7. The number of hydrogen-bond donors (Lipinski definition) is 0. The van der Waals surface area contributed by atoms with E-state index >= 15 is 0 Å². The lowest BCUT2D eigenvalue weighted by atomic mass is 9.67. The van der Waals surface area contributed by atoms with Gasteiger partial charge in [-0.2, -0.15) is 5.26 Å². The second-order valence-corrected chi connectivity index (χ2v) is 11.3. The summed E-state index contributed by atoms with van der Waals surface area (Å²) in [4.78, 5) is 32.4. The minimum absolute atomic E-state index is 0.542. The predicted octanol–water partition coefficient (Wildman–Crippen LogP) is 6.26. The number of hydrogen-bond acceptors (Lipinski definition) is 7. The number of anilines is 1. The van der Waals surface area contributed by atoms with Crippen LogP contribution in [0.1, 0.15) is 45.9 Å². The van der Waals surface area contributed by atoms with Gasteiger partial charge in [0.1, 0.15) is 6.04 Å². The van der Waals surface area contributed by atoms with Gasteiger partial charge in [-0.1, -0.05) is 97.1 Å². The maximum Gasteiger partial charge on any atom is 0.330 e. The zero-order valence-electron chi connectivity index (χ0n) is 24.8. The van der Waals surface area contributed by atoms with Crippen LogP contribution in [0.25, 0.3) is 6.08 Å². The van der Waals surface area contributed by atoms with E-state index in [0.29, 0.717) is 5.56 Å². The SMILES string of the molecule is COC(=O)[C@]1(C#N)[C@H](c2ccc(N(C)C)cc2)[C@@H](C(=O)OC(c2ccccc2)c2ccccc2)N2C=Cc3ccccc3[C@H]21. The average Bonchev–Trinajstić information content (AvgIpc) is 3.39. The van der Waals surface area contributed by atoms with Crippen molar-refractivity contribution in [3.8, 4) is 6.07 Å². The number of carbonyl (C=O) groups excluding carboxylic acids is 2. The largest absolute Gasteiger partial charge is 0.468 e. The molecule has 220 valence electrons. The highest BCUT2D eigenvalue weighted by atomic mass is 16.5. The number of benzene rings is 4. The molecule has 0 spiro atoms. The number of esters is 2. The molecule has 0 aliphatic carbocycles. The topological polar surface area (TPSA) is 82.9 Å². The molecule has 0 aromatic heterocycles. The lowest BCUT2D eigenvalue weighted by Crippen LogP contribution is -2.41. The summed E-state index contributed by atoms with van der Waals surface area (Å²) >= 11 is 0. The Morgan fingerprint density at radius 1 is 0.864 bits per heavy atom. The maximum absolute atomic E-state index is 14.7. The summed E-state index contributed by atoms with van der Waals surface area (Å²) in [7, 11) is 5.16. The predicted molar refractivity (Wildman–Crippen MR) is 168 cm³/mol. The molecule has 0 bridgehead atoms. The number of rotatable bonds is 7. The molecule has 7 nitrogen and oxygen atoms in total. The van der Waals surface area contributed by atoms with Crippen molar-refractivity contribution in [3.05, 3.63) is 143 Å². The van der Waals surface area contributed by atoms with E-state index in [1.165, 1.54) is 7.11 Å². The highest BCUT2D eigenvalue weighted by Crippen LogP contribution is 2.60. The van der Waals surface area contributed by atoms with Crippen molar-refractivity contribution in [1.82, 2.24) is 4.90 Å². The van der Waals surface area contributed by atoms with Gasteiger partial charge in [0.25, 0.3) is 0 Å². The standard InChI is InChI=1S/C37H33N3O4/c1-39(2)29-20-18-26(19-21-29)31-32(35(41)44-33(27-13-6-4-7-14-27)28-15-8-5-9-16-28)40-23-22-25-12-10-11-17-30(25)34(40)37(31,24-38)36(42)43-3/h4-23,31-34H,1-3H3/t31-,32+,34+,37-/m1/s1. The van der Waals surface area contributed by atoms with E-state index in [-0.39, 0.29) is 0 Å². The zero-order valence-corrected chi connectivity index (χ0v) is 24.8. The Morgan fingerprint density at radius 2 is 1.45 bits per heavy atom. The molecule has 0 N–H and O–H groups in total. The molecule has 0 unspecified atom stereocenters. The van der Waals surface area contributed by atoms with Crippen molar-refractivity contribution in [3.63, 3.8) is 0 Å². The molecule has 4 atom stereocenters. The van der Waals surface area contributed by atoms with Crippen molar-refractivity contribution < 1.29 is 19.1 Å². The van der Waals surface area contributed by atoms with Crippen LogP contribution >= 0.6 is 0 Å². The smallest absolute Gasteiger partial charge is 0.330 e. The van der Waals surface area contributed by atoms with Crippen molar-refractivity contribution in [2.75, 3.05) is 26.1 Å². The van der Waals surface area contributed by atoms with Crippen LogP contribution in [0.15, 0.2) is 115 Å². The monoisotopic (exact) mass is 583 g/mol. The third-order valence-corrected chi connectivity index (χ3v) is 8.73. The van der Waals surface area contributed by atoms with E-state index in [1.54, 1.807) is 0 Å². The Labute approximate surface area is 257 Å². The highest BCUT2D eigenvalue weighted by molar-refractivity contribution is 5.90. The van der Waals surface area contributed by atoms with Gasteiger partial charge in [-0.3, -0.25) is 4.79 Å². The van der Waals surface area contributed by atoms with Gasteiger partial charge in [0, 0.05) is 31.9 Å². The van der Waals surface area contributed by atoms with Gasteiger partial charge in [-0.25, -0.2) is 4.79 Å². The molecular formula is C37H33N3O4. The van der Waals surface area contributed by atoms with Crippen molar-refractivity contribution in [2.45, 2.75) is 24.1 Å². The molecule has 1 fully saturated rings. The van der Waals surface area contributed by atoms with Crippen LogP contribution in [0.3, 0.4) is 0 Å². The second-order valence-electron chi connectivity index (χ2n) is 11.3. The normalized spacial score (nSPS) is 21.6. The summed E-state index contributed by atoms with van der Waals surface area (Å²) in [5.41, 5.74) is 3.13. The lowest BCUT2D eigenvalue weighted by molar-refractivity contribution is -0.153. The van der Waals surface area contributed by atoms with Gasteiger partial charge in [0.05, 0.1) is 19.2 Å². The Morgan fingerprint density at radius 3 is 2.02 bits per heavy atom. The molecule has 44 heavy (non-hydrogen) atoms. The Balaban J connectivity index is 1.54. The quantitative estimate of drug-likeness (QED) is 0.238. The molecule has 4 aromatic carbocycles. The van der Waals surface area contributed by atoms with Gasteiger partial charge >= 0.3 is 11.9 Å². The number of methoxy groups -OCH3 is 1. The summed E-state index contributed by atoms with van der Waals surface area (Å²) in [5, 5.41) is 11.0. The van der Waals surface area contributed by atoms with Gasteiger partial charge in [-0.05, 0) is 46.0 Å². The molecule has 7 heteroatoms. The first-order valence-corrected chi connectivity index (χ1v) is 14.5. The van der Waals surface area contributed by atoms with Crippen molar-refractivity contribution in [2.24, 2.45) is 5.41 Å². The third-order valence-electron chi connectivity index (χ3n) is 8.73. The van der Waals surface area contributed by atoms with Crippen molar-refractivity contribution in [1.29, 1.82) is 5.26 Å². The first-order chi connectivity index (χ1) is 21.4. The van der Waals surface area contributed by atoms with Crippen LogP contribution in [0, 0.1) is 16.7 Å². The molecular weight excluding hydrogens is 550 g/mol. The zero-order chi connectivity index (χ0) is 30.8. The van der Waals surface area contributed by atoms with E-state index in [4.69, 9.17) is 9.47 Å². The van der Waals surface area contributed by atoms with Gasteiger partial charge in [-0.15, -0.1) is 0 Å². The molecule has 2 heterocycles. The highest BCUT2D eigenvalue weighted by Gasteiger charge is 2.68. The van der Waals surface area contributed by atoms with Crippen LogP contribution < -0.4 is 4.90 Å². The first-order valence-electron chi connectivity index (χ1n) is 14.5. The molecule has 1 saturated heterocycles. The van der Waals surface area contributed by atoms with Gasteiger partial charge in [0.2, 0.25) is 0 Å². The fraction of sp³-hybridized carbons (Fsp3) is 0.216. The number of carbonyl (C=O) groups is 2. The average molecular weight is 584 g/mol. The van der Waals surface area contributed by atoms with Gasteiger partial charge in [0.15, 0.2) is 11.5 Å². The number of nitriles is 1. The molecule has 6 rings (SSSR count). The summed E-state index contributed by atoms with van der Waals surface area (Å²) in [6.45, 7) is 0. The van der Waals surface area contributed by atoms with E-state index < -0.39 is 41.5 Å². The van der Waals surface area contributed by atoms with Crippen molar-refractivity contribution >= 4 is 23.7 Å². The van der Waals surface area contributed by atoms with E-state index in [1.807, 2.05) is 145 Å². The lowest BCUT2D eigenvalue weighted by Gasteiger charge is -2.36. The van der Waals surface area contributed by atoms with Crippen LogP contribution in [-0.4, -0.2) is 44.1 Å². The van der Waals surface area contributed by atoms with E-state index in [9.17, 15) is 14.9 Å². The maximum atomic E-state index is 14.7. The summed E-state index contributed by atoms with van der Waals surface area (Å²) in [6.07, 6.45) is 3.02. The van der Waals surface area contributed by atoms with Crippen LogP contribution in [0.4, 0.5) is 5.69 Å². The molecule has 4 aromatic rings. The Bertz CT molecular complexity index is 1690. The van der Waals surface area contributed by atoms with Crippen LogP contribution in [0.5, 0.6) is 0 Å². The summed E-state index contributed by atoms with van der Waals surface area (Å²) < 4.78 is 11.8. The minimum Gasteiger partial charge on any atom is -0.468 e. The summed E-state index contributed by atoms with van der Waals surface area (Å²) in [5.74, 6) is -2.14. The fourth-order valence-electron chi connectivity index (χ4n) is 6.69. The summed E-state index contributed by atoms with van der Waals surface area (Å²) in [6, 6.07) is 35.0. The van der Waals surface area contributed by atoms with Gasteiger partial charge < -0.3 is 19.3 Å². The number of nitrogens with zero attached hydrogens (tertiary/aromatic N) is 3. The van der Waals surface area contributed by atoms with E-state index in [0.717, 1.165) is 27.9 Å². The van der Waals surface area contributed by atoms with Crippen LogP contribution in [-0.2, 0) is 19.1 Å².